The lowest BCUT2D eigenvalue weighted by molar-refractivity contribution is -0.385. The molecular formula is C24H23N3O9. The number of hydrogen-bond donors (Lipinski definition) is 2. The fraction of sp³-hybridized carbons (Fsp3) is 0.250. The van der Waals surface area contributed by atoms with Gasteiger partial charge in [0.15, 0.2) is 5.75 Å². The molecule has 0 bridgehead atoms. The van der Waals surface area contributed by atoms with Gasteiger partial charge in [0.1, 0.15) is 17.4 Å². The second kappa shape index (κ2) is 12.5. The number of ether oxygens (including phenoxy) is 2. The number of hydrogen-bond acceptors (Lipinski definition) is 9. The van der Waals surface area contributed by atoms with Crippen molar-refractivity contribution in [3.8, 4) is 23.3 Å². The molecule has 188 valence electrons. The second-order valence-corrected chi connectivity index (χ2v) is 7.28. The third-order valence-corrected chi connectivity index (χ3v) is 4.93. The number of nitro benzene ring substituents is 1. The van der Waals surface area contributed by atoms with Crippen LogP contribution in [0.5, 0.6) is 17.2 Å². The van der Waals surface area contributed by atoms with Crippen LogP contribution in [0, 0.1) is 21.4 Å². The summed E-state index contributed by atoms with van der Waals surface area (Å²) in [5.41, 5.74) is -0.474. The fourth-order valence-corrected chi connectivity index (χ4v) is 3.09. The van der Waals surface area contributed by atoms with Crippen LogP contribution in [0.25, 0.3) is 6.08 Å². The van der Waals surface area contributed by atoms with Crippen LogP contribution in [0.4, 0.5) is 10.5 Å². The van der Waals surface area contributed by atoms with Crippen molar-refractivity contribution in [1.82, 2.24) is 4.90 Å². The summed E-state index contributed by atoms with van der Waals surface area (Å²) in [6.07, 6.45) is -0.0293. The van der Waals surface area contributed by atoms with Gasteiger partial charge < -0.3 is 24.6 Å². The van der Waals surface area contributed by atoms with Gasteiger partial charge in [-0.05, 0) is 55.7 Å². The molecule has 0 radical (unpaired) electrons. The number of rotatable bonds is 10. The van der Waals surface area contributed by atoms with Crippen molar-refractivity contribution in [3.05, 3.63) is 63.2 Å². The van der Waals surface area contributed by atoms with E-state index in [4.69, 9.17) is 14.6 Å². The summed E-state index contributed by atoms with van der Waals surface area (Å²) in [4.78, 5) is 47.3. The highest BCUT2D eigenvalue weighted by Crippen LogP contribution is 2.38. The molecule has 0 aromatic heterocycles. The highest BCUT2D eigenvalue weighted by molar-refractivity contribution is 6.01. The number of nitrogens with zero attached hydrogens (tertiary/aromatic N) is 3. The van der Waals surface area contributed by atoms with Gasteiger partial charge in [0, 0.05) is 25.6 Å². The van der Waals surface area contributed by atoms with E-state index >= 15 is 0 Å². The van der Waals surface area contributed by atoms with Crippen LogP contribution < -0.4 is 9.47 Å². The lowest BCUT2D eigenvalue weighted by atomic mass is 10.1. The SMILES string of the molecule is CCN(CC)C(=O)/C(C#N)=C/c1cc(OC(=O)Oc2ccc(CCC(=O)O)cc2)c(O)c([N+](=O)[O-])c1. The van der Waals surface area contributed by atoms with E-state index in [1.165, 1.54) is 17.0 Å². The Labute approximate surface area is 205 Å². The molecule has 0 fully saturated rings. The molecule has 0 unspecified atom stereocenters. The minimum absolute atomic E-state index is 0.0397. The largest absolute Gasteiger partial charge is 0.519 e. The number of carboxylic acid groups (broad SMARTS) is 1. The van der Waals surface area contributed by atoms with Crippen molar-refractivity contribution in [2.45, 2.75) is 26.7 Å². The van der Waals surface area contributed by atoms with Gasteiger partial charge >= 0.3 is 17.8 Å². The Kier molecular flexibility index (Phi) is 9.50. The molecule has 0 heterocycles. The maximum absolute atomic E-state index is 12.5. The van der Waals surface area contributed by atoms with Crippen LogP contribution in [0.15, 0.2) is 42.0 Å². The van der Waals surface area contributed by atoms with E-state index in [0.29, 0.717) is 18.7 Å². The van der Waals surface area contributed by atoms with Gasteiger partial charge in [-0.15, -0.1) is 0 Å². The van der Waals surface area contributed by atoms with Crippen molar-refractivity contribution in [1.29, 1.82) is 5.26 Å². The van der Waals surface area contributed by atoms with Crippen LogP contribution in [0.1, 0.15) is 31.4 Å². The lowest BCUT2D eigenvalue weighted by Crippen LogP contribution is -2.31. The highest BCUT2D eigenvalue weighted by atomic mass is 16.7. The second-order valence-electron chi connectivity index (χ2n) is 7.28. The number of carbonyl (C=O) groups is 3. The van der Waals surface area contributed by atoms with Crippen LogP contribution in [-0.4, -0.2) is 51.2 Å². The Morgan fingerprint density at radius 2 is 1.78 bits per heavy atom. The molecule has 12 heteroatoms. The third kappa shape index (κ3) is 7.29. The molecule has 0 spiro atoms. The molecule has 0 saturated carbocycles. The molecule has 0 aliphatic heterocycles. The number of aryl methyl sites for hydroxylation is 1. The van der Waals surface area contributed by atoms with Crippen molar-refractivity contribution in [2.75, 3.05) is 13.1 Å². The quantitative estimate of drug-likeness (QED) is 0.123. The molecule has 36 heavy (non-hydrogen) atoms. The monoisotopic (exact) mass is 497 g/mol. The van der Waals surface area contributed by atoms with Gasteiger partial charge in [-0.1, -0.05) is 12.1 Å². The van der Waals surface area contributed by atoms with Crippen molar-refractivity contribution < 1.29 is 39.0 Å². The Morgan fingerprint density at radius 3 is 2.31 bits per heavy atom. The number of carboxylic acids is 1. The predicted octanol–water partition coefficient (Wildman–Crippen LogP) is 3.67. The van der Waals surface area contributed by atoms with E-state index in [0.717, 1.165) is 18.2 Å². The predicted molar refractivity (Wildman–Crippen MR) is 125 cm³/mol. The first-order valence-corrected chi connectivity index (χ1v) is 10.7. The summed E-state index contributed by atoms with van der Waals surface area (Å²) < 4.78 is 9.96. The molecule has 0 aliphatic carbocycles. The van der Waals surface area contributed by atoms with E-state index in [2.05, 4.69) is 0 Å². The fourth-order valence-electron chi connectivity index (χ4n) is 3.09. The summed E-state index contributed by atoms with van der Waals surface area (Å²) in [5, 5.41) is 39.8. The topological polar surface area (TPSA) is 180 Å². The average Bonchev–Trinajstić information content (AvgIpc) is 2.84. The lowest BCUT2D eigenvalue weighted by Gasteiger charge is -2.17. The normalized spacial score (nSPS) is 10.8. The maximum Gasteiger partial charge on any atom is 0.519 e. The number of nitro groups is 1. The molecule has 2 aromatic rings. The Balaban J connectivity index is 2.30. The number of likely N-dealkylation sites (N-methyl/N-ethyl adjacent to an activating group) is 1. The number of benzene rings is 2. The number of aromatic hydroxyl groups is 1. The zero-order chi connectivity index (χ0) is 26.8. The number of carbonyl (C=O) groups excluding carboxylic acids is 2. The van der Waals surface area contributed by atoms with E-state index in [1.54, 1.807) is 32.0 Å². The molecule has 2 rings (SSSR count). The average molecular weight is 497 g/mol. The summed E-state index contributed by atoms with van der Waals surface area (Å²) >= 11 is 0. The first-order chi connectivity index (χ1) is 17.1. The molecular weight excluding hydrogens is 474 g/mol. The first kappa shape index (κ1) is 27.3. The zero-order valence-corrected chi connectivity index (χ0v) is 19.5. The van der Waals surface area contributed by atoms with Crippen molar-refractivity contribution >= 4 is 29.8 Å². The molecule has 0 atom stereocenters. The van der Waals surface area contributed by atoms with Crippen molar-refractivity contribution in [3.63, 3.8) is 0 Å². The van der Waals surface area contributed by atoms with Crippen LogP contribution in [0.3, 0.4) is 0 Å². The van der Waals surface area contributed by atoms with E-state index in [9.17, 15) is 34.9 Å². The summed E-state index contributed by atoms with van der Waals surface area (Å²) in [5.74, 6) is -3.07. The highest BCUT2D eigenvalue weighted by Gasteiger charge is 2.24. The van der Waals surface area contributed by atoms with Gasteiger partial charge in [0.25, 0.3) is 5.91 Å². The first-order valence-electron chi connectivity index (χ1n) is 10.7. The minimum atomic E-state index is -1.32. The summed E-state index contributed by atoms with van der Waals surface area (Å²) in [7, 11) is 0. The minimum Gasteiger partial charge on any atom is -0.499 e. The number of phenolic OH excluding ortho intramolecular Hbond substituents is 1. The molecule has 2 aromatic carbocycles. The van der Waals surface area contributed by atoms with E-state index in [-0.39, 0.29) is 29.7 Å². The van der Waals surface area contributed by atoms with Crippen LogP contribution in [0.2, 0.25) is 0 Å². The van der Waals surface area contributed by atoms with E-state index < -0.39 is 40.1 Å². The Morgan fingerprint density at radius 1 is 1.14 bits per heavy atom. The Hall–Kier alpha value is -4.92. The smallest absolute Gasteiger partial charge is 0.499 e. The summed E-state index contributed by atoms with van der Waals surface area (Å²) in [6.45, 7) is 4.13. The number of amides is 1. The molecule has 2 N–H and O–H groups in total. The van der Waals surface area contributed by atoms with Crippen molar-refractivity contribution in [2.24, 2.45) is 0 Å². The van der Waals surface area contributed by atoms with Gasteiger partial charge in [0.05, 0.1) is 4.92 Å². The van der Waals surface area contributed by atoms with Gasteiger partial charge in [-0.3, -0.25) is 19.7 Å². The number of nitriles is 1. The molecule has 0 saturated heterocycles. The van der Waals surface area contributed by atoms with Gasteiger partial charge in [-0.2, -0.15) is 5.26 Å². The maximum atomic E-state index is 12.5. The van der Waals surface area contributed by atoms with Crippen LogP contribution in [-0.2, 0) is 16.0 Å². The van der Waals surface area contributed by atoms with Crippen LogP contribution >= 0.6 is 0 Å². The van der Waals surface area contributed by atoms with E-state index in [1.807, 2.05) is 0 Å². The molecule has 0 aliphatic rings. The molecule has 1 amide bonds. The number of phenols is 1. The standard InChI is InChI=1S/C24H23N3O9/c1-3-26(4-2)23(31)17(14-25)11-16-12-19(27(33)34)22(30)20(13-16)36-24(32)35-18-8-5-15(6-9-18)7-10-21(28)29/h5-6,8-9,11-13,30H,3-4,7,10H2,1-2H3,(H,28,29)/b17-11+. The molecule has 12 nitrogen and oxygen atoms in total. The van der Waals surface area contributed by atoms with Gasteiger partial charge in [0.2, 0.25) is 5.75 Å². The zero-order valence-electron chi connectivity index (χ0n) is 19.5. The Bertz CT molecular complexity index is 1230. The number of aliphatic carboxylic acids is 1. The summed E-state index contributed by atoms with van der Waals surface area (Å²) in [6, 6.07) is 9.63. The third-order valence-electron chi connectivity index (χ3n) is 4.93. The van der Waals surface area contributed by atoms with Gasteiger partial charge in [-0.25, -0.2) is 4.79 Å².